The highest BCUT2D eigenvalue weighted by Crippen LogP contribution is 2.19. The zero-order chi connectivity index (χ0) is 16.7. The Kier molecular flexibility index (Phi) is 6.10. The Morgan fingerprint density at radius 3 is 2.96 bits per heavy atom. The predicted octanol–water partition coefficient (Wildman–Crippen LogP) is 2.98. The zero-order valence-electron chi connectivity index (χ0n) is 13.2. The lowest BCUT2D eigenvalue weighted by Gasteiger charge is -2.07. The molecule has 1 aromatic carbocycles. The maximum Gasteiger partial charge on any atom is 0.283 e. The molecule has 0 atom stereocenters. The Bertz CT molecular complexity index is 697. The van der Waals surface area contributed by atoms with Crippen molar-refractivity contribution in [3.8, 4) is 5.75 Å². The number of hydrogen-bond acceptors (Lipinski definition) is 6. The van der Waals surface area contributed by atoms with Gasteiger partial charge >= 0.3 is 0 Å². The largest absolute Gasteiger partial charge is 0.493 e. The normalized spacial score (nSPS) is 10.9. The summed E-state index contributed by atoms with van der Waals surface area (Å²) in [6, 6.07) is 7.56. The van der Waals surface area contributed by atoms with Crippen LogP contribution < -0.4 is 15.9 Å². The highest BCUT2D eigenvalue weighted by atomic mass is 32.1. The highest BCUT2D eigenvalue weighted by Gasteiger charge is 2.13. The molecule has 1 amide bonds. The number of nitrogens with two attached hydrogens (primary N) is 1. The molecule has 0 bridgehead atoms. The summed E-state index contributed by atoms with van der Waals surface area (Å²) in [5.41, 5.74) is 9.48. The van der Waals surface area contributed by atoms with E-state index in [0.717, 1.165) is 35.5 Å². The summed E-state index contributed by atoms with van der Waals surface area (Å²) in [6.07, 6.45) is 3.64. The van der Waals surface area contributed by atoms with Crippen molar-refractivity contribution in [3.05, 3.63) is 40.4 Å². The summed E-state index contributed by atoms with van der Waals surface area (Å²) in [5, 5.41) is 4.36. The molecule has 2 rings (SSSR count). The van der Waals surface area contributed by atoms with Gasteiger partial charge < -0.3 is 10.5 Å². The van der Waals surface area contributed by atoms with E-state index < -0.39 is 0 Å². The van der Waals surface area contributed by atoms with E-state index in [1.165, 1.54) is 0 Å². The molecule has 2 aromatic rings. The van der Waals surface area contributed by atoms with Crippen LogP contribution in [0.3, 0.4) is 0 Å². The molecule has 0 radical (unpaired) electrons. The fourth-order valence-corrected chi connectivity index (χ4v) is 2.61. The van der Waals surface area contributed by atoms with Gasteiger partial charge in [0.1, 0.15) is 10.6 Å². The summed E-state index contributed by atoms with van der Waals surface area (Å²) in [7, 11) is 0. The number of hydrogen-bond donors (Lipinski definition) is 2. The van der Waals surface area contributed by atoms with Gasteiger partial charge in [-0.2, -0.15) is 5.10 Å². The van der Waals surface area contributed by atoms with Crippen LogP contribution in [0, 0.1) is 6.92 Å². The van der Waals surface area contributed by atoms with Gasteiger partial charge in [0.25, 0.3) is 5.91 Å². The number of unbranched alkanes of at least 4 members (excludes halogenated alkanes) is 1. The van der Waals surface area contributed by atoms with Gasteiger partial charge in [0, 0.05) is 5.56 Å². The second-order valence-electron chi connectivity index (χ2n) is 4.91. The number of para-hydroxylation sites is 1. The number of hydrazone groups is 1. The molecule has 23 heavy (non-hydrogen) atoms. The van der Waals surface area contributed by atoms with Crippen LogP contribution in [-0.4, -0.2) is 23.7 Å². The van der Waals surface area contributed by atoms with Gasteiger partial charge in [0.2, 0.25) is 0 Å². The summed E-state index contributed by atoms with van der Waals surface area (Å²) in [4.78, 5) is 16.5. The van der Waals surface area contributed by atoms with Crippen LogP contribution in [0.2, 0.25) is 0 Å². The van der Waals surface area contributed by atoms with Gasteiger partial charge in [-0.25, -0.2) is 10.4 Å². The molecule has 0 aliphatic carbocycles. The molecule has 7 heteroatoms. The Hall–Kier alpha value is -2.41. The highest BCUT2D eigenvalue weighted by molar-refractivity contribution is 7.17. The third-order valence-electron chi connectivity index (χ3n) is 3.06. The minimum atomic E-state index is -0.322. The topological polar surface area (TPSA) is 89.6 Å². The molecule has 0 unspecified atom stereocenters. The van der Waals surface area contributed by atoms with E-state index in [1.54, 1.807) is 13.1 Å². The lowest BCUT2D eigenvalue weighted by atomic mass is 10.2. The monoisotopic (exact) mass is 332 g/mol. The number of nitrogens with one attached hydrogen (secondary N) is 1. The molecule has 6 nitrogen and oxygen atoms in total. The maximum absolute atomic E-state index is 12.0. The SMILES string of the molecule is CCCCOc1ccccc1/C=N/NC(=O)c1sc(N)nc1C. The fraction of sp³-hybridized carbons (Fsp3) is 0.312. The Morgan fingerprint density at radius 2 is 2.26 bits per heavy atom. The van der Waals surface area contributed by atoms with E-state index in [2.05, 4.69) is 22.4 Å². The molecule has 0 saturated carbocycles. The van der Waals surface area contributed by atoms with Crippen LogP contribution in [0.4, 0.5) is 5.13 Å². The van der Waals surface area contributed by atoms with Crippen LogP contribution in [0.1, 0.15) is 40.7 Å². The molecule has 0 aliphatic heterocycles. The standard InChI is InChI=1S/C16H20N4O2S/c1-3-4-9-22-13-8-6-5-7-12(13)10-18-20-15(21)14-11(2)19-16(17)23-14/h5-8,10H,3-4,9H2,1-2H3,(H2,17,19)(H,20,21)/b18-10+. The number of nitrogen functional groups attached to an aromatic ring is 1. The summed E-state index contributed by atoms with van der Waals surface area (Å²) in [5.74, 6) is 0.425. The van der Waals surface area contributed by atoms with Gasteiger partial charge in [-0.3, -0.25) is 4.79 Å². The van der Waals surface area contributed by atoms with Crippen molar-refractivity contribution in [1.29, 1.82) is 0 Å². The van der Waals surface area contributed by atoms with Crippen molar-refractivity contribution in [3.63, 3.8) is 0 Å². The number of aromatic nitrogens is 1. The van der Waals surface area contributed by atoms with E-state index in [1.807, 2.05) is 24.3 Å². The Balaban J connectivity index is 2.00. The number of carbonyl (C=O) groups is 1. The first kappa shape index (κ1) is 17.0. The van der Waals surface area contributed by atoms with Crippen molar-refractivity contribution >= 4 is 28.6 Å². The first-order valence-corrected chi connectivity index (χ1v) is 8.21. The number of anilines is 1. The number of amides is 1. The number of benzene rings is 1. The van der Waals surface area contributed by atoms with Gasteiger partial charge in [-0.15, -0.1) is 0 Å². The van der Waals surface area contributed by atoms with E-state index in [-0.39, 0.29) is 5.91 Å². The molecule has 0 fully saturated rings. The summed E-state index contributed by atoms with van der Waals surface area (Å²) in [6.45, 7) is 4.51. The fourth-order valence-electron chi connectivity index (χ4n) is 1.88. The van der Waals surface area contributed by atoms with Crippen molar-refractivity contribution in [1.82, 2.24) is 10.4 Å². The third-order valence-corrected chi connectivity index (χ3v) is 4.05. The van der Waals surface area contributed by atoms with E-state index in [9.17, 15) is 4.79 Å². The second-order valence-corrected chi connectivity index (χ2v) is 5.94. The first-order chi connectivity index (χ1) is 11.1. The van der Waals surface area contributed by atoms with Crippen LogP contribution in [-0.2, 0) is 0 Å². The summed E-state index contributed by atoms with van der Waals surface area (Å²) >= 11 is 1.14. The minimum absolute atomic E-state index is 0.322. The maximum atomic E-state index is 12.0. The van der Waals surface area contributed by atoms with Crippen molar-refractivity contribution in [2.75, 3.05) is 12.3 Å². The minimum Gasteiger partial charge on any atom is -0.493 e. The number of nitrogens with zero attached hydrogens (tertiary/aromatic N) is 2. The average Bonchev–Trinajstić information content (AvgIpc) is 2.87. The van der Waals surface area contributed by atoms with Gasteiger partial charge in [-0.1, -0.05) is 36.8 Å². The molecule has 3 N–H and O–H groups in total. The lowest BCUT2D eigenvalue weighted by molar-refractivity contribution is 0.0958. The Morgan fingerprint density at radius 1 is 1.48 bits per heavy atom. The van der Waals surface area contributed by atoms with E-state index in [4.69, 9.17) is 10.5 Å². The average molecular weight is 332 g/mol. The van der Waals surface area contributed by atoms with Crippen LogP contribution >= 0.6 is 11.3 Å². The number of ether oxygens (including phenoxy) is 1. The number of aryl methyl sites for hydroxylation is 1. The first-order valence-electron chi connectivity index (χ1n) is 7.40. The van der Waals surface area contributed by atoms with Crippen molar-refractivity contribution < 1.29 is 9.53 Å². The molecule has 0 spiro atoms. The predicted molar refractivity (Wildman–Crippen MR) is 93.2 cm³/mol. The zero-order valence-corrected chi connectivity index (χ0v) is 14.0. The number of carbonyl (C=O) groups excluding carboxylic acids is 1. The van der Waals surface area contributed by atoms with E-state index in [0.29, 0.717) is 22.3 Å². The van der Waals surface area contributed by atoms with Crippen molar-refractivity contribution in [2.24, 2.45) is 5.10 Å². The Labute approximate surface area is 139 Å². The molecular formula is C16H20N4O2S. The lowest BCUT2D eigenvalue weighted by Crippen LogP contribution is -2.17. The molecular weight excluding hydrogens is 312 g/mol. The summed E-state index contributed by atoms with van der Waals surface area (Å²) < 4.78 is 5.71. The smallest absolute Gasteiger partial charge is 0.283 e. The quantitative estimate of drug-likeness (QED) is 0.463. The van der Waals surface area contributed by atoms with Gasteiger partial charge in [0.15, 0.2) is 5.13 Å². The van der Waals surface area contributed by atoms with Gasteiger partial charge in [-0.05, 0) is 25.5 Å². The molecule has 1 heterocycles. The molecule has 0 aliphatic rings. The molecule has 0 saturated heterocycles. The number of thiazole rings is 1. The van der Waals surface area contributed by atoms with Crippen LogP contribution in [0.25, 0.3) is 0 Å². The second kappa shape index (κ2) is 8.28. The van der Waals surface area contributed by atoms with Gasteiger partial charge in [0.05, 0.1) is 18.5 Å². The van der Waals surface area contributed by atoms with Crippen LogP contribution in [0.5, 0.6) is 5.75 Å². The molecule has 122 valence electrons. The number of rotatable bonds is 7. The van der Waals surface area contributed by atoms with Crippen LogP contribution in [0.15, 0.2) is 29.4 Å². The van der Waals surface area contributed by atoms with Crippen molar-refractivity contribution in [2.45, 2.75) is 26.7 Å². The molecule has 1 aromatic heterocycles. The van der Waals surface area contributed by atoms with E-state index >= 15 is 0 Å². The third kappa shape index (κ3) is 4.79.